The number of rotatable bonds is 11. The van der Waals surface area contributed by atoms with Gasteiger partial charge in [0.05, 0.1) is 13.2 Å². The standard InChI is InChI=1S/C20H27NO3/c1-3-4-12-23-19-10-8-17(9-11-19)16-21-18-6-5-7-20(15-18)24-14-13-22-2/h5-11,15,21H,3-4,12-14,16H2,1-2H3. The molecule has 0 aliphatic heterocycles. The molecule has 0 aromatic heterocycles. The first-order chi connectivity index (χ1) is 11.8. The Morgan fingerprint density at radius 2 is 1.67 bits per heavy atom. The van der Waals surface area contributed by atoms with E-state index in [1.165, 1.54) is 5.56 Å². The molecule has 2 aromatic rings. The van der Waals surface area contributed by atoms with Crippen molar-refractivity contribution in [3.63, 3.8) is 0 Å². The van der Waals surface area contributed by atoms with Crippen LogP contribution in [0.25, 0.3) is 0 Å². The highest BCUT2D eigenvalue weighted by molar-refractivity contribution is 5.48. The van der Waals surface area contributed by atoms with E-state index in [0.29, 0.717) is 13.2 Å². The second-order valence-corrected chi connectivity index (χ2v) is 5.57. The molecule has 0 aliphatic carbocycles. The van der Waals surface area contributed by atoms with Gasteiger partial charge >= 0.3 is 0 Å². The first kappa shape index (κ1) is 18.1. The van der Waals surface area contributed by atoms with Gasteiger partial charge in [-0.2, -0.15) is 0 Å². The topological polar surface area (TPSA) is 39.7 Å². The SMILES string of the molecule is CCCCOc1ccc(CNc2cccc(OCCOC)c2)cc1. The van der Waals surface area contributed by atoms with Gasteiger partial charge in [0, 0.05) is 25.4 Å². The Morgan fingerprint density at radius 1 is 0.875 bits per heavy atom. The summed E-state index contributed by atoms with van der Waals surface area (Å²) in [7, 11) is 1.67. The predicted octanol–water partition coefficient (Wildman–Crippen LogP) is 4.50. The lowest BCUT2D eigenvalue weighted by molar-refractivity contribution is 0.146. The Hall–Kier alpha value is -2.20. The van der Waals surface area contributed by atoms with Crippen LogP contribution in [0.4, 0.5) is 5.69 Å². The maximum Gasteiger partial charge on any atom is 0.121 e. The summed E-state index contributed by atoms with van der Waals surface area (Å²) < 4.78 is 16.3. The van der Waals surface area contributed by atoms with Gasteiger partial charge in [-0.1, -0.05) is 31.5 Å². The van der Waals surface area contributed by atoms with Crippen LogP contribution in [-0.2, 0) is 11.3 Å². The molecule has 4 heteroatoms. The lowest BCUT2D eigenvalue weighted by Crippen LogP contribution is -2.05. The molecule has 0 bridgehead atoms. The van der Waals surface area contributed by atoms with Crippen molar-refractivity contribution >= 4 is 5.69 Å². The summed E-state index contributed by atoms with van der Waals surface area (Å²) in [5, 5.41) is 3.41. The molecule has 2 rings (SSSR count). The second-order valence-electron chi connectivity index (χ2n) is 5.57. The summed E-state index contributed by atoms with van der Waals surface area (Å²) in [5.41, 5.74) is 2.25. The minimum atomic E-state index is 0.555. The Labute approximate surface area is 144 Å². The van der Waals surface area contributed by atoms with Crippen LogP contribution in [0.1, 0.15) is 25.3 Å². The second kappa shape index (κ2) is 10.6. The first-order valence-corrected chi connectivity index (χ1v) is 8.49. The summed E-state index contributed by atoms with van der Waals surface area (Å²) in [5.74, 6) is 1.78. The molecule has 0 atom stereocenters. The number of methoxy groups -OCH3 is 1. The van der Waals surface area contributed by atoms with E-state index in [1.54, 1.807) is 7.11 Å². The molecule has 0 aliphatic rings. The fourth-order valence-corrected chi connectivity index (χ4v) is 2.18. The molecule has 0 amide bonds. The molecule has 0 heterocycles. The molecule has 0 unspecified atom stereocenters. The zero-order valence-electron chi connectivity index (χ0n) is 14.6. The van der Waals surface area contributed by atoms with Crippen molar-refractivity contribution in [2.24, 2.45) is 0 Å². The molecular weight excluding hydrogens is 302 g/mol. The summed E-state index contributed by atoms with van der Waals surface area (Å²) in [6, 6.07) is 16.2. The third kappa shape index (κ3) is 6.50. The average Bonchev–Trinajstić information content (AvgIpc) is 2.62. The Kier molecular flexibility index (Phi) is 7.98. The molecule has 2 aromatic carbocycles. The number of ether oxygens (including phenoxy) is 3. The fourth-order valence-electron chi connectivity index (χ4n) is 2.18. The quantitative estimate of drug-likeness (QED) is 0.616. The van der Waals surface area contributed by atoms with Crippen molar-refractivity contribution in [1.82, 2.24) is 0 Å². The normalized spacial score (nSPS) is 10.4. The number of hydrogen-bond acceptors (Lipinski definition) is 4. The number of nitrogens with one attached hydrogen (secondary N) is 1. The van der Waals surface area contributed by atoms with Gasteiger partial charge in [0.1, 0.15) is 18.1 Å². The monoisotopic (exact) mass is 329 g/mol. The van der Waals surface area contributed by atoms with Crippen molar-refractivity contribution in [1.29, 1.82) is 0 Å². The molecular formula is C20H27NO3. The Morgan fingerprint density at radius 3 is 2.42 bits per heavy atom. The van der Waals surface area contributed by atoms with E-state index in [4.69, 9.17) is 14.2 Å². The van der Waals surface area contributed by atoms with Crippen LogP contribution in [0.3, 0.4) is 0 Å². The van der Waals surface area contributed by atoms with Crippen LogP contribution in [0.15, 0.2) is 48.5 Å². The molecule has 0 spiro atoms. The largest absolute Gasteiger partial charge is 0.494 e. The lowest BCUT2D eigenvalue weighted by atomic mass is 10.2. The van der Waals surface area contributed by atoms with Crippen LogP contribution in [0.5, 0.6) is 11.5 Å². The minimum Gasteiger partial charge on any atom is -0.494 e. The zero-order chi connectivity index (χ0) is 17.0. The first-order valence-electron chi connectivity index (χ1n) is 8.49. The van der Waals surface area contributed by atoms with Gasteiger partial charge in [0.2, 0.25) is 0 Å². The van der Waals surface area contributed by atoms with E-state index >= 15 is 0 Å². The van der Waals surface area contributed by atoms with E-state index < -0.39 is 0 Å². The van der Waals surface area contributed by atoms with Crippen LogP contribution < -0.4 is 14.8 Å². The Balaban J connectivity index is 1.81. The summed E-state index contributed by atoms with van der Waals surface area (Å²) in [6.07, 6.45) is 2.24. The molecule has 0 saturated carbocycles. The number of anilines is 1. The third-order valence-electron chi connectivity index (χ3n) is 3.58. The lowest BCUT2D eigenvalue weighted by Gasteiger charge is -2.10. The summed E-state index contributed by atoms with van der Waals surface area (Å²) >= 11 is 0. The van der Waals surface area contributed by atoms with Crippen LogP contribution in [-0.4, -0.2) is 26.9 Å². The zero-order valence-corrected chi connectivity index (χ0v) is 14.6. The molecule has 4 nitrogen and oxygen atoms in total. The van der Waals surface area contributed by atoms with Crippen molar-refractivity contribution in [3.8, 4) is 11.5 Å². The van der Waals surface area contributed by atoms with Gasteiger partial charge in [0.25, 0.3) is 0 Å². The van der Waals surface area contributed by atoms with E-state index in [1.807, 2.05) is 36.4 Å². The van der Waals surface area contributed by atoms with E-state index in [-0.39, 0.29) is 0 Å². The smallest absolute Gasteiger partial charge is 0.121 e. The van der Waals surface area contributed by atoms with Crippen LogP contribution >= 0.6 is 0 Å². The Bertz CT molecular complexity index is 584. The van der Waals surface area contributed by atoms with Gasteiger partial charge in [-0.25, -0.2) is 0 Å². The summed E-state index contributed by atoms with van der Waals surface area (Å²) in [4.78, 5) is 0. The van der Waals surface area contributed by atoms with E-state index in [9.17, 15) is 0 Å². The highest BCUT2D eigenvalue weighted by Crippen LogP contribution is 2.19. The molecule has 0 radical (unpaired) electrons. The third-order valence-corrected chi connectivity index (χ3v) is 3.58. The molecule has 0 saturated heterocycles. The van der Waals surface area contributed by atoms with Gasteiger partial charge in [-0.15, -0.1) is 0 Å². The highest BCUT2D eigenvalue weighted by atomic mass is 16.5. The number of benzene rings is 2. The molecule has 130 valence electrons. The highest BCUT2D eigenvalue weighted by Gasteiger charge is 1.99. The molecule has 1 N–H and O–H groups in total. The van der Waals surface area contributed by atoms with E-state index in [0.717, 1.165) is 43.2 Å². The minimum absolute atomic E-state index is 0.555. The van der Waals surface area contributed by atoms with Crippen molar-refractivity contribution < 1.29 is 14.2 Å². The maximum atomic E-state index is 5.68. The van der Waals surface area contributed by atoms with Crippen LogP contribution in [0.2, 0.25) is 0 Å². The number of hydrogen-bond donors (Lipinski definition) is 1. The average molecular weight is 329 g/mol. The van der Waals surface area contributed by atoms with Gasteiger partial charge in [-0.05, 0) is 36.2 Å². The maximum absolute atomic E-state index is 5.68. The van der Waals surface area contributed by atoms with Crippen LogP contribution in [0, 0.1) is 0 Å². The predicted molar refractivity (Wildman–Crippen MR) is 98.0 cm³/mol. The van der Waals surface area contributed by atoms with Crippen molar-refractivity contribution in [3.05, 3.63) is 54.1 Å². The molecule has 24 heavy (non-hydrogen) atoms. The van der Waals surface area contributed by atoms with Crippen molar-refractivity contribution in [2.75, 3.05) is 32.2 Å². The van der Waals surface area contributed by atoms with Crippen molar-refractivity contribution in [2.45, 2.75) is 26.3 Å². The summed E-state index contributed by atoms with van der Waals surface area (Å²) in [6.45, 7) is 4.85. The molecule has 0 fully saturated rings. The fraction of sp³-hybridized carbons (Fsp3) is 0.400. The van der Waals surface area contributed by atoms with Gasteiger partial charge in [0.15, 0.2) is 0 Å². The van der Waals surface area contributed by atoms with Gasteiger partial charge in [-0.3, -0.25) is 0 Å². The number of unbranched alkanes of at least 4 members (excludes halogenated alkanes) is 1. The van der Waals surface area contributed by atoms with E-state index in [2.05, 4.69) is 24.4 Å². The van der Waals surface area contributed by atoms with Gasteiger partial charge < -0.3 is 19.5 Å².